The third kappa shape index (κ3) is 3.81. The van der Waals surface area contributed by atoms with E-state index in [0.29, 0.717) is 17.7 Å². The molecule has 3 rings (SSSR count). The van der Waals surface area contributed by atoms with E-state index in [1.807, 2.05) is 18.2 Å². The quantitative estimate of drug-likeness (QED) is 0.507. The summed E-state index contributed by atoms with van der Waals surface area (Å²) in [7, 11) is 0. The summed E-state index contributed by atoms with van der Waals surface area (Å²) in [5.41, 5.74) is 1.82. The molecule has 142 valence electrons. The number of nitrogens with zero attached hydrogens (tertiary/aromatic N) is 2. The third-order valence-electron chi connectivity index (χ3n) is 4.34. The lowest BCUT2D eigenvalue weighted by Crippen LogP contribution is -2.31. The van der Waals surface area contributed by atoms with Gasteiger partial charge in [-0.25, -0.2) is 0 Å². The standard InChI is InChI=1S/C18H17BrN2O4S2/c1-2-3-7-20-12-5-4-10(19)9-11(12)14(16(20)24)15-17(25)21(18(26)27-15)8-6-13(22)23/h4-5,9H,2-3,6-8H2,1H3,(H,22,23)/b15-14-. The van der Waals surface area contributed by atoms with Crippen LogP contribution in [-0.4, -0.2) is 45.2 Å². The number of amides is 2. The van der Waals surface area contributed by atoms with Gasteiger partial charge in [0.2, 0.25) is 0 Å². The van der Waals surface area contributed by atoms with Crippen molar-refractivity contribution < 1.29 is 19.5 Å². The Bertz CT molecular complexity index is 884. The molecule has 2 heterocycles. The number of thiocarbonyl (C=S) groups is 1. The lowest BCUT2D eigenvalue weighted by Gasteiger charge is -2.16. The van der Waals surface area contributed by atoms with Gasteiger partial charge in [0, 0.05) is 23.1 Å². The van der Waals surface area contributed by atoms with Gasteiger partial charge < -0.3 is 10.0 Å². The highest BCUT2D eigenvalue weighted by Crippen LogP contribution is 2.45. The third-order valence-corrected chi connectivity index (χ3v) is 6.28. The molecule has 1 N–H and O–H groups in total. The van der Waals surface area contributed by atoms with Gasteiger partial charge in [0.1, 0.15) is 4.32 Å². The van der Waals surface area contributed by atoms with Crippen molar-refractivity contribution in [3.63, 3.8) is 0 Å². The summed E-state index contributed by atoms with van der Waals surface area (Å²) in [4.78, 5) is 40.1. The number of halogens is 1. The van der Waals surface area contributed by atoms with Gasteiger partial charge in [0.25, 0.3) is 11.8 Å². The van der Waals surface area contributed by atoms with Crippen LogP contribution in [0.4, 0.5) is 5.69 Å². The Hall–Kier alpha value is -1.71. The van der Waals surface area contributed by atoms with Crippen LogP contribution >= 0.6 is 39.9 Å². The van der Waals surface area contributed by atoms with Gasteiger partial charge in [-0.15, -0.1) is 0 Å². The Morgan fingerprint density at radius 2 is 1.96 bits per heavy atom. The molecule has 2 aliphatic heterocycles. The number of hydrogen-bond donors (Lipinski definition) is 1. The van der Waals surface area contributed by atoms with E-state index >= 15 is 0 Å². The fourth-order valence-electron chi connectivity index (χ4n) is 3.01. The molecule has 2 amide bonds. The largest absolute Gasteiger partial charge is 0.481 e. The zero-order valence-electron chi connectivity index (χ0n) is 14.5. The smallest absolute Gasteiger partial charge is 0.305 e. The second-order valence-corrected chi connectivity index (χ2v) is 8.70. The van der Waals surface area contributed by atoms with E-state index in [0.717, 1.165) is 34.8 Å². The minimum absolute atomic E-state index is 0.00411. The number of carbonyl (C=O) groups excluding carboxylic acids is 2. The average molecular weight is 469 g/mol. The number of rotatable bonds is 6. The molecular formula is C18H17BrN2O4S2. The summed E-state index contributed by atoms with van der Waals surface area (Å²) >= 11 is 9.74. The summed E-state index contributed by atoms with van der Waals surface area (Å²) in [6, 6.07) is 5.57. The van der Waals surface area contributed by atoms with Gasteiger partial charge in [0.05, 0.1) is 22.6 Å². The molecule has 0 atom stereocenters. The fourth-order valence-corrected chi connectivity index (χ4v) is 4.75. The Labute approximate surface area is 174 Å². The van der Waals surface area contributed by atoms with E-state index in [1.54, 1.807) is 4.90 Å². The number of unbranched alkanes of at least 4 members (excludes halogenated alkanes) is 1. The number of carbonyl (C=O) groups is 3. The highest BCUT2D eigenvalue weighted by atomic mass is 79.9. The molecule has 0 spiro atoms. The number of hydrogen-bond acceptors (Lipinski definition) is 5. The van der Waals surface area contributed by atoms with Crippen molar-refractivity contribution in [2.45, 2.75) is 26.2 Å². The Balaban J connectivity index is 2.04. The molecule has 9 heteroatoms. The maximum absolute atomic E-state index is 13.1. The predicted octanol–water partition coefficient (Wildman–Crippen LogP) is 3.64. The SMILES string of the molecule is CCCCN1C(=O)/C(=C2\SC(=S)N(CCC(=O)O)C2=O)c2cc(Br)ccc21. The van der Waals surface area contributed by atoms with Gasteiger partial charge in [-0.3, -0.25) is 19.3 Å². The molecule has 0 radical (unpaired) electrons. The first kappa shape index (κ1) is 20.0. The molecular weight excluding hydrogens is 452 g/mol. The van der Waals surface area contributed by atoms with Crippen molar-refractivity contribution in [1.29, 1.82) is 0 Å². The van der Waals surface area contributed by atoms with E-state index in [1.165, 1.54) is 4.90 Å². The van der Waals surface area contributed by atoms with Crippen molar-refractivity contribution in [2.24, 2.45) is 0 Å². The number of carboxylic acid groups (broad SMARTS) is 1. The van der Waals surface area contributed by atoms with Gasteiger partial charge in [-0.2, -0.15) is 0 Å². The average Bonchev–Trinajstić information content (AvgIpc) is 3.03. The highest BCUT2D eigenvalue weighted by Gasteiger charge is 2.41. The van der Waals surface area contributed by atoms with Crippen LogP contribution in [0.25, 0.3) is 5.57 Å². The lowest BCUT2D eigenvalue weighted by molar-refractivity contribution is -0.137. The monoisotopic (exact) mass is 468 g/mol. The molecule has 1 aromatic carbocycles. The number of thioether (sulfide) groups is 1. The van der Waals surface area contributed by atoms with Crippen molar-refractivity contribution in [3.8, 4) is 0 Å². The molecule has 0 bridgehead atoms. The second-order valence-electron chi connectivity index (χ2n) is 6.14. The van der Waals surface area contributed by atoms with Crippen LogP contribution in [-0.2, 0) is 14.4 Å². The minimum Gasteiger partial charge on any atom is -0.481 e. The molecule has 0 unspecified atom stereocenters. The summed E-state index contributed by atoms with van der Waals surface area (Å²) in [6.07, 6.45) is 1.60. The predicted molar refractivity (Wildman–Crippen MR) is 112 cm³/mol. The highest BCUT2D eigenvalue weighted by molar-refractivity contribution is 9.10. The van der Waals surface area contributed by atoms with Crippen LogP contribution < -0.4 is 4.90 Å². The molecule has 1 aromatic rings. The molecule has 0 aliphatic carbocycles. The first-order valence-electron chi connectivity index (χ1n) is 8.46. The van der Waals surface area contributed by atoms with E-state index in [9.17, 15) is 14.4 Å². The Morgan fingerprint density at radius 3 is 2.63 bits per heavy atom. The van der Waals surface area contributed by atoms with Crippen molar-refractivity contribution >= 4 is 73.3 Å². The number of fused-ring (bicyclic) bond motifs is 1. The molecule has 6 nitrogen and oxygen atoms in total. The van der Waals surface area contributed by atoms with Crippen molar-refractivity contribution in [2.75, 3.05) is 18.0 Å². The maximum Gasteiger partial charge on any atom is 0.305 e. The van der Waals surface area contributed by atoms with Crippen LogP contribution in [0.5, 0.6) is 0 Å². The molecule has 0 aromatic heterocycles. The molecule has 2 aliphatic rings. The zero-order chi connectivity index (χ0) is 19.7. The Morgan fingerprint density at radius 1 is 1.22 bits per heavy atom. The summed E-state index contributed by atoms with van der Waals surface area (Å²) in [6.45, 7) is 2.63. The molecule has 1 saturated heterocycles. The van der Waals surface area contributed by atoms with Crippen molar-refractivity contribution in [3.05, 3.63) is 33.1 Å². The van der Waals surface area contributed by atoms with Crippen molar-refractivity contribution in [1.82, 2.24) is 4.90 Å². The summed E-state index contributed by atoms with van der Waals surface area (Å²) < 4.78 is 1.09. The van der Waals surface area contributed by atoms with Crippen LogP contribution in [0, 0.1) is 0 Å². The number of aliphatic carboxylic acids is 1. The topological polar surface area (TPSA) is 77.9 Å². The van der Waals surface area contributed by atoms with Gasteiger partial charge in [-0.05, 0) is 24.6 Å². The number of carboxylic acids is 1. The molecule has 27 heavy (non-hydrogen) atoms. The Kier molecular flexibility index (Phi) is 6.02. The zero-order valence-corrected chi connectivity index (χ0v) is 17.7. The van der Waals surface area contributed by atoms with Crippen LogP contribution in [0.3, 0.4) is 0 Å². The summed E-state index contributed by atoms with van der Waals surface area (Å²) in [5, 5.41) is 8.88. The van der Waals surface area contributed by atoms with Crippen LogP contribution in [0.15, 0.2) is 27.6 Å². The maximum atomic E-state index is 13.1. The first-order valence-corrected chi connectivity index (χ1v) is 10.5. The van der Waals surface area contributed by atoms with Crippen LogP contribution in [0.2, 0.25) is 0 Å². The van der Waals surface area contributed by atoms with E-state index in [4.69, 9.17) is 17.3 Å². The lowest BCUT2D eigenvalue weighted by atomic mass is 10.1. The first-order chi connectivity index (χ1) is 12.8. The van der Waals surface area contributed by atoms with Gasteiger partial charge >= 0.3 is 5.97 Å². The van der Waals surface area contributed by atoms with E-state index in [-0.39, 0.29) is 28.1 Å². The van der Waals surface area contributed by atoms with Gasteiger partial charge in [0.15, 0.2) is 0 Å². The number of anilines is 1. The van der Waals surface area contributed by atoms with Gasteiger partial charge in [-0.1, -0.05) is 53.3 Å². The van der Waals surface area contributed by atoms with E-state index < -0.39 is 11.9 Å². The fraction of sp³-hybridized carbons (Fsp3) is 0.333. The molecule has 0 saturated carbocycles. The van der Waals surface area contributed by atoms with Crippen LogP contribution in [0.1, 0.15) is 31.7 Å². The molecule has 1 fully saturated rings. The normalized spacial score (nSPS) is 19.3. The summed E-state index contributed by atoms with van der Waals surface area (Å²) in [5.74, 6) is -1.62. The number of benzene rings is 1. The van der Waals surface area contributed by atoms with E-state index in [2.05, 4.69) is 22.9 Å². The second kappa shape index (κ2) is 8.12. The minimum atomic E-state index is -1.01.